The summed E-state index contributed by atoms with van der Waals surface area (Å²) in [7, 11) is 0. The number of rotatable bonds is 3. The summed E-state index contributed by atoms with van der Waals surface area (Å²) in [4.78, 5) is 12.2. The maximum absolute atomic E-state index is 13.2. The second kappa shape index (κ2) is 5.84. The normalized spacial score (nSPS) is 10.5. The predicted octanol–water partition coefficient (Wildman–Crippen LogP) is 4.36. The van der Waals surface area contributed by atoms with Crippen molar-refractivity contribution < 1.29 is 9.18 Å². The van der Waals surface area contributed by atoms with Gasteiger partial charge in [-0.25, -0.2) is 4.39 Å². The van der Waals surface area contributed by atoms with Crippen LogP contribution in [0.25, 0.3) is 0 Å². The minimum atomic E-state index is -0.361. The molecule has 2 N–H and O–H groups in total. The average Bonchev–Trinajstić information content (AvgIpc) is 2.32. The van der Waals surface area contributed by atoms with Gasteiger partial charge >= 0.3 is 0 Å². The molecule has 0 aliphatic heterocycles. The molecule has 0 saturated carbocycles. The van der Waals surface area contributed by atoms with Crippen LogP contribution in [0.2, 0.25) is 0 Å². The van der Waals surface area contributed by atoms with E-state index < -0.39 is 0 Å². The van der Waals surface area contributed by atoms with Gasteiger partial charge in [-0.2, -0.15) is 0 Å². The van der Waals surface area contributed by atoms with Gasteiger partial charge in [0.1, 0.15) is 5.82 Å². The van der Waals surface area contributed by atoms with Crippen LogP contribution in [0.5, 0.6) is 0 Å². The Hall–Kier alpha value is -1.20. The van der Waals surface area contributed by atoms with Crippen molar-refractivity contribution in [3.05, 3.63) is 62.3 Å². The zero-order chi connectivity index (χ0) is 14.0. The first-order chi connectivity index (χ1) is 8.95. The van der Waals surface area contributed by atoms with Crippen molar-refractivity contribution in [1.82, 2.24) is 0 Å². The number of carbonyl (C=O) groups excluding carboxylic acids is 1. The largest absolute Gasteiger partial charge is 0.399 e. The Bertz CT molecular complexity index is 623. The fourth-order valence-electron chi connectivity index (χ4n) is 1.73. The second-order valence-electron chi connectivity index (χ2n) is 4.11. The Morgan fingerprint density at radius 3 is 2.58 bits per heavy atom. The van der Waals surface area contributed by atoms with Gasteiger partial charge in [-0.15, -0.1) is 0 Å². The molecule has 0 atom stereocenters. The Labute approximate surface area is 127 Å². The molecule has 98 valence electrons. The third-order valence-corrected chi connectivity index (χ3v) is 3.83. The third-order valence-electron chi connectivity index (χ3n) is 2.60. The van der Waals surface area contributed by atoms with Crippen molar-refractivity contribution in [1.29, 1.82) is 0 Å². The van der Waals surface area contributed by atoms with Gasteiger partial charge in [-0.05, 0) is 42.0 Å². The highest BCUT2D eigenvalue weighted by molar-refractivity contribution is 9.10. The molecule has 0 aliphatic carbocycles. The van der Waals surface area contributed by atoms with E-state index in [4.69, 9.17) is 5.73 Å². The molecule has 2 aromatic rings. The molecule has 19 heavy (non-hydrogen) atoms. The summed E-state index contributed by atoms with van der Waals surface area (Å²) in [5.41, 5.74) is 7.32. The monoisotopic (exact) mass is 385 g/mol. The van der Waals surface area contributed by atoms with Crippen LogP contribution in [0.15, 0.2) is 45.3 Å². The molecule has 2 aromatic carbocycles. The lowest BCUT2D eigenvalue weighted by Crippen LogP contribution is -2.05. The highest BCUT2D eigenvalue weighted by atomic mass is 79.9. The molecule has 2 rings (SSSR count). The second-order valence-corrected chi connectivity index (χ2v) is 5.88. The van der Waals surface area contributed by atoms with Crippen LogP contribution in [0.1, 0.15) is 15.9 Å². The van der Waals surface area contributed by atoms with E-state index in [1.165, 1.54) is 12.1 Å². The summed E-state index contributed by atoms with van der Waals surface area (Å²) in [6, 6.07) is 9.31. The van der Waals surface area contributed by atoms with Crippen LogP contribution in [0.3, 0.4) is 0 Å². The van der Waals surface area contributed by atoms with E-state index in [1.54, 1.807) is 24.3 Å². The van der Waals surface area contributed by atoms with E-state index in [0.717, 1.165) is 4.47 Å². The zero-order valence-corrected chi connectivity index (χ0v) is 13.0. The standard InChI is InChI=1S/C14H10Br2FNO/c15-10-3-9(5-12(18)7-10)14(19)6-8-4-11(17)1-2-13(8)16/h1-5,7H,6,18H2. The molecule has 0 unspecified atom stereocenters. The number of halogens is 3. The topological polar surface area (TPSA) is 43.1 Å². The first-order valence-electron chi connectivity index (χ1n) is 5.49. The maximum atomic E-state index is 13.2. The van der Waals surface area contributed by atoms with E-state index >= 15 is 0 Å². The summed E-state index contributed by atoms with van der Waals surface area (Å²) in [6.07, 6.45) is 0.119. The van der Waals surface area contributed by atoms with Gasteiger partial charge in [-0.1, -0.05) is 31.9 Å². The Balaban J connectivity index is 2.28. The summed E-state index contributed by atoms with van der Waals surface area (Å²) >= 11 is 6.60. The van der Waals surface area contributed by atoms with Crippen molar-refractivity contribution >= 4 is 43.3 Å². The van der Waals surface area contributed by atoms with Crippen molar-refractivity contribution in [3.8, 4) is 0 Å². The summed E-state index contributed by atoms with van der Waals surface area (Å²) in [5.74, 6) is -0.473. The molecule has 0 radical (unpaired) electrons. The molecule has 5 heteroatoms. The molecule has 0 heterocycles. The highest BCUT2D eigenvalue weighted by Gasteiger charge is 2.11. The summed E-state index contributed by atoms with van der Waals surface area (Å²) in [6.45, 7) is 0. The van der Waals surface area contributed by atoms with E-state index in [-0.39, 0.29) is 18.0 Å². The highest BCUT2D eigenvalue weighted by Crippen LogP contribution is 2.22. The number of hydrogen-bond acceptors (Lipinski definition) is 2. The fraction of sp³-hybridized carbons (Fsp3) is 0.0714. The number of anilines is 1. The smallest absolute Gasteiger partial charge is 0.167 e. The Morgan fingerprint density at radius 1 is 1.16 bits per heavy atom. The Kier molecular flexibility index (Phi) is 4.37. The Morgan fingerprint density at radius 2 is 1.89 bits per heavy atom. The van der Waals surface area contributed by atoms with Crippen molar-refractivity contribution in [3.63, 3.8) is 0 Å². The lowest BCUT2D eigenvalue weighted by molar-refractivity contribution is 0.0992. The number of Topliss-reactive ketones (excluding diaryl/α,β-unsaturated/α-hetero) is 1. The zero-order valence-electron chi connectivity index (χ0n) is 9.79. The molecule has 0 spiro atoms. The lowest BCUT2D eigenvalue weighted by atomic mass is 10.0. The minimum absolute atomic E-state index is 0.112. The molecule has 0 aromatic heterocycles. The van der Waals surface area contributed by atoms with Crippen LogP contribution >= 0.6 is 31.9 Å². The molecule has 0 aliphatic rings. The van der Waals surface area contributed by atoms with E-state index in [1.807, 2.05) is 0 Å². The number of nitrogens with two attached hydrogens (primary N) is 1. The van der Waals surface area contributed by atoms with Gasteiger partial charge in [0.25, 0.3) is 0 Å². The molecule has 0 bridgehead atoms. The molecule has 0 amide bonds. The molecule has 0 saturated heterocycles. The van der Waals surface area contributed by atoms with Crippen molar-refractivity contribution in [2.24, 2.45) is 0 Å². The van der Waals surface area contributed by atoms with Crippen molar-refractivity contribution in [2.75, 3.05) is 5.73 Å². The van der Waals surface area contributed by atoms with Crippen LogP contribution in [-0.4, -0.2) is 5.78 Å². The minimum Gasteiger partial charge on any atom is -0.399 e. The number of ketones is 1. The fourth-order valence-corrected chi connectivity index (χ4v) is 2.62. The predicted molar refractivity (Wildman–Crippen MR) is 80.7 cm³/mol. The van der Waals surface area contributed by atoms with Gasteiger partial charge in [0.05, 0.1) is 0 Å². The lowest BCUT2D eigenvalue weighted by Gasteiger charge is -2.06. The molecule has 0 fully saturated rings. The van der Waals surface area contributed by atoms with Gasteiger partial charge in [0.15, 0.2) is 5.78 Å². The average molecular weight is 387 g/mol. The van der Waals surface area contributed by atoms with Gasteiger partial charge < -0.3 is 5.73 Å². The van der Waals surface area contributed by atoms with E-state index in [2.05, 4.69) is 31.9 Å². The van der Waals surface area contributed by atoms with E-state index in [0.29, 0.717) is 21.3 Å². The molecule has 2 nitrogen and oxygen atoms in total. The van der Waals surface area contributed by atoms with Gasteiger partial charge in [0, 0.05) is 26.6 Å². The first-order valence-corrected chi connectivity index (χ1v) is 7.07. The van der Waals surface area contributed by atoms with E-state index in [9.17, 15) is 9.18 Å². The summed E-state index contributed by atoms with van der Waals surface area (Å²) < 4.78 is 14.6. The van der Waals surface area contributed by atoms with Gasteiger partial charge in [0.2, 0.25) is 0 Å². The number of carbonyl (C=O) groups is 1. The van der Waals surface area contributed by atoms with Crippen molar-refractivity contribution in [2.45, 2.75) is 6.42 Å². The number of hydrogen-bond donors (Lipinski definition) is 1. The summed E-state index contributed by atoms with van der Waals surface area (Å²) in [5, 5.41) is 0. The molecular weight excluding hydrogens is 377 g/mol. The maximum Gasteiger partial charge on any atom is 0.167 e. The quantitative estimate of drug-likeness (QED) is 0.629. The SMILES string of the molecule is Nc1cc(Br)cc(C(=O)Cc2cc(F)ccc2Br)c1. The van der Waals surface area contributed by atoms with Crippen LogP contribution < -0.4 is 5.73 Å². The van der Waals surface area contributed by atoms with Gasteiger partial charge in [-0.3, -0.25) is 4.79 Å². The molecular formula is C14H10Br2FNO. The van der Waals surface area contributed by atoms with Crippen LogP contribution in [0, 0.1) is 5.82 Å². The van der Waals surface area contributed by atoms with Crippen LogP contribution in [-0.2, 0) is 6.42 Å². The number of nitrogen functional groups attached to an aromatic ring is 1. The third kappa shape index (κ3) is 3.64. The number of benzene rings is 2. The first kappa shape index (κ1) is 14.2. The van der Waals surface area contributed by atoms with Crippen LogP contribution in [0.4, 0.5) is 10.1 Å².